The fraction of sp³-hybridized carbons (Fsp3) is 0.312. The van der Waals surface area contributed by atoms with Crippen LogP contribution in [0, 0.1) is 11.3 Å². The molecule has 0 aromatic heterocycles. The Labute approximate surface area is 133 Å². The molecule has 1 N–H and O–H groups in total. The second kappa shape index (κ2) is 9.10. The van der Waals surface area contributed by atoms with E-state index in [0.29, 0.717) is 17.9 Å². The number of nitrogens with zero attached hydrogens (tertiary/aromatic N) is 1. The van der Waals surface area contributed by atoms with Crippen molar-refractivity contribution in [1.29, 1.82) is 5.26 Å². The predicted octanol–water partition coefficient (Wildman–Crippen LogP) is 2.02. The molecule has 0 aliphatic carbocycles. The van der Waals surface area contributed by atoms with Crippen LogP contribution >= 0.6 is 0 Å². The minimum atomic E-state index is -1.11. The normalized spacial score (nSPS) is 10.6. The summed E-state index contributed by atoms with van der Waals surface area (Å²) in [5.41, 5.74) is 0.384. The van der Waals surface area contributed by atoms with Crippen LogP contribution in [0.5, 0.6) is 11.5 Å². The van der Waals surface area contributed by atoms with Crippen LogP contribution in [0.3, 0.4) is 0 Å². The van der Waals surface area contributed by atoms with E-state index in [1.54, 1.807) is 32.0 Å². The first-order valence-corrected chi connectivity index (χ1v) is 6.92. The largest absolute Gasteiger partial charge is 0.490 e. The first-order valence-electron chi connectivity index (χ1n) is 6.92. The lowest BCUT2D eigenvalue weighted by molar-refractivity contribution is -0.139. The Morgan fingerprint density at radius 3 is 2.52 bits per heavy atom. The number of esters is 1. The van der Waals surface area contributed by atoms with Gasteiger partial charge in [0.05, 0.1) is 13.2 Å². The molecule has 1 aromatic rings. The topological polar surface area (TPSA) is 106 Å². The predicted molar refractivity (Wildman–Crippen MR) is 81.0 cm³/mol. The van der Waals surface area contributed by atoms with E-state index in [4.69, 9.17) is 24.6 Å². The third kappa shape index (κ3) is 5.71. The van der Waals surface area contributed by atoms with E-state index in [1.807, 2.05) is 0 Å². The van der Waals surface area contributed by atoms with Gasteiger partial charge in [-0.25, -0.2) is 9.59 Å². The molecule has 0 spiro atoms. The molecule has 7 nitrogen and oxygen atoms in total. The van der Waals surface area contributed by atoms with Crippen LogP contribution < -0.4 is 9.47 Å². The molecule has 0 unspecified atom stereocenters. The molecule has 0 amide bonds. The summed E-state index contributed by atoms with van der Waals surface area (Å²) in [7, 11) is 0. The van der Waals surface area contributed by atoms with Crippen LogP contribution in [0.25, 0.3) is 6.08 Å². The number of hydrogen-bond acceptors (Lipinski definition) is 6. The molecule has 1 rings (SSSR count). The molecular weight excluding hydrogens is 302 g/mol. The maximum Gasteiger partial charge on any atom is 0.348 e. The van der Waals surface area contributed by atoms with E-state index in [-0.39, 0.29) is 17.9 Å². The zero-order valence-corrected chi connectivity index (χ0v) is 12.9. The Bertz CT molecular complexity index is 644. The highest BCUT2D eigenvalue weighted by molar-refractivity contribution is 5.97. The fourth-order valence-electron chi connectivity index (χ4n) is 1.65. The van der Waals surface area contributed by atoms with Gasteiger partial charge in [0.2, 0.25) is 0 Å². The van der Waals surface area contributed by atoms with Gasteiger partial charge in [-0.1, -0.05) is 6.07 Å². The van der Waals surface area contributed by atoms with Crippen molar-refractivity contribution < 1.29 is 28.9 Å². The minimum absolute atomic E-state index is 0.145. The zero-order valence-electron chi connectivity index (χ0n) is 12.9. The molecule has 1 aromatic carbocycles. The van der Waals surface area contributed by atoms with Gasteiger partial charge in [0.1, 0.15) is 11.6 Å². The molecule has 0 bridgehead atoms. The second-order valence-corrected chi connectivity index (χ2v) is 4.21. The Kier molecular flexibility index (Phi) is 7.14. The van der Waals surface area contributed by atoms with Gasteiger partial charge in [-0.2, -0.15) is 5.26 Å². The van der Waals surface area contributed by atoms with Crippen molar-refractivity contribution in [3.8, 4) is 17.6 Å². The van der Waals surface area contributed by atoms with Crippen molar-refractivity contribution in [2.75, 3.05) is 19.8 Å². The maximum absolute atomic E-state index is 11.6. The van der Waals surface area contributed by atoms with E-state index >= 15 is 0 Å². The summed E-state index contributed by atoms with van der Waals surface area (Å²) in [4.78, 5) is 22.2. The average molecular weight is 319 g/mol. The van der Waals surface area contributed by atoms with Crippen LogP contribution in [0.2, 0.25) is 0 Å². The van der Waals surface area contributed by atoms with E-state index in [2.05, 4.69) is 0 Å². The smallest absolute Gasteiger partial charge is 0.348 e. The molecule has 0 radical (unpaired) electrons. The summed E-state index contributed by atoms with van der Waals surface area (Å²) in [6.07, 6.45) is 1.36. The number of carbonyl (C=O) groups is 2. The van der Waals surface area contributed by atoms with Crippen molar-refractivity contribution in [2.45, 2.75) is 13.8 Å². The monoisotopic (exact) mass is 319 g/mol. The van der Waals surface area contributed by atoms with Crippen LogP contribution in [0.4, 0.5) is 0 Å². The summed E-state index contributed by atoms with van der Waals surface area (Å²) in [5.74, 6) is -1.23. The minimum Gasteiger partial charge on any atom is -0.490 e. The van der Waals surface area contributed by atoms with Crippen molar-refractivity contribution in [2.24, 2.45) is 0 Å². The highest BCUT2D eigenvalue weighted by atomic mass is 16.5. The molecule has 0 saturated heterocycles. The summed E-state index contributed by atoms with van der Waals surface area (Å²) in [5, 5.41) is 17.7. The quantitative estimate of drug-likeness (QED) is 0.444. The molecule has 23 heavy (non-hydrogen) atoms. The molecule has 7 heteroatoms. The highest BCUT2D eigenvalue weighted by Crippen LogP contribution is 2.29. The Morgan fingerprint density at radius 2 is 1.96 bits per heavy atom. The number of carbonyl (C=O) groups excluding carboxylic acids is 1. The number of benzene rings is 1. The molecule has 122 valence electrons. The first kappa shape index (κ1) is 18.0. The zero-order chi connectivity index (χ0) is 17.2. The van der Waals surface area contributed by atoms with Gasteiger partial charge < -0.3 is 19.3 Å². The molecule has 0 heterocycles. The van der Waals surface area contributed by atoms with Gasteiger partial charge in [-0.3, -0.25) is 0 Å². The van der Waals surface area contributed by atoms with Gasteiger partial charge in [-0.15, -0.1) is 0 Å². The average Bonchev–Trinajstić information content (AvgIpc) is 2.52. The third-order valence-electron chi connectivity index (χ3n) is 2.55. The van der Waals surface area contributed by atoms with Crippen molar-refractivity contribution in [3.05, 3.63) is 29.3 Å². The van der Waals surface area contributed by atoms with Crippen molar-refractivity contribution in [1.82, 2.24) is 0 Å². The lowest BCUT2D eigenvalue weighted by Crippen LogP contribution is -2.10. The molecule has 0 aliphatic heterocycles. The molecule has 0 aliphatic rings. The lowest BCUT2D eigenvalue weighted by atomic mass is 10.1. The van der Waals surface area contributed by atoms with Crippen LogP contribution in [-0.4, -0.2) is 36.9 Å². The number of carboxylic acid groups (broad SMARTS) is 1. The third-order valence-corrected chi connectivity index (χ3v) is 2.55. The number of nitriles is 1. The number of rotatable bonds is 8. The molecule has 0 saturated carbocycles. The van der Waals surface area contributed by atoms with Crippen LogP contribution in [-0.2, 0) is 14.3 Å². The van der Waals surface area contributed by atoms with Gasteiger partial charge in [0.25, 0.3) is 0 Å². The number of ether oxygens (including phenoxy) is 3. The van der Waals surface area contributed by atoms with Crippen molar-refractivity contribution >= 4 is 18.0 Å². The van der Waals surface area contributed by atoms with Gasteiger partial charge >= 0.3 is 11.9 Å². The SMILES string of the molecule is CCOC(=O)/C(C#N)=C\c1ccc(OCC(=O)O)c(OCC)c1. The van der Waals surface area contributed by atoms with Gasteiger partial charge in [0, 0.05) is 0 Å². The Hall–Kier alpha value is -3.01. The van der Waals surface area contributed by atoms with E-state index in [9.17, 15) is 9.59 Å². The number of aliphatic carboxylic acids is 1. The second-order valence-electron chi connectivity index (χ2n) is 4.21. The number of hydrogen-bond donors (Lipinski definition) is 1. The Balaban J connectivity index is 3.09. The standard InChI is InChI=1S/C16H17NO6/c1-3-21-14-8-11(5-6-13(14)23-10-15(18)19)7-12(9-17)16(20)22-4-2/h5-8H,3-4,10H2,1-2H3,(H,18,19)/b12-7-. The van der Waals surface area contributed by atoms with Crippen molar-refractivity contribution in [3.63, 3.8) is 0 Å². The summed E-state index contributed by atoms with van der Waals surface area (Å²) >= 11 is 0. The Morgan fingerprint density at radius 1 is 1.22 bits per heavy atom. The van der Waals surface area contributed by atoms with E-state index in [0.717, 1.165) is 0 Å². The molecule has 0 atom stereocenters. The maximum atomic E-state index is 11.6. The van der Waals surface area contributed by atoms with Crippen LogP contribution in [0.15, 0.2) is 23.8 Å². The fourth-order valence-corrected chi connectivity index (χ4v) is 1.65. The lowest BCUT2D eigenvalue weighted by Gasteiger charge is -2.11. The molecular formula is C16H17NO6. The first-order chi connectivity index (χ1) is 11.0. The van der Waals surface area contributed by atoms with E-state index in [1.165, 1.54) is 12.1 Å². The highest BCUT2D eigenvalue weighted by Gasteiger charge is 2.12. The van der Waals surface area contributed by atoms with Crippen LogP contribution in [0.1, 0.15) is 19.4 Å². The summed E-state index contributed by atoms with van der Waals surface area (Å²) < 4.78 is 15.3. The number of carboxylic acids is 1. The van der Waals surface area contributed by atoms with E-state index < -0.39 is 18.5 Å². The van der Waals surface area contributed by atoms with Gasteiger partial charge in [0.15, 0.2) is 18.1 Å². The summed E-state index contributed by atoms with van der Waals surface area (Å²) in [6, 6.07) is 6.42. The van der Waals surface area contributed by atoms with Gasteiger partial charge in [-0.05, 0) is 37.6 Å². The summed E-state index contributed by atoms with van der Waals surface area (Å²) in [6.45, 7) is 3.43. The molecule has 0 fully saturated rings.